The van der Waals surface area contributed by atoms with Crippen LogP contribution in [-0.4, -0.2) is 67.7 Å². The van der Waals surface area contributed by atoms with Crippen LogP contribution in [0, 0.1) is 10.8 Å². The van der Waals surface area contributed by atoms with Gasteiger partial charge in [0.2, 0.25) is 0 Å². The monoisotopic (exact) mass is 378 g/mol. The molecule has 0 amide bonds. The van der Waals surface area contributed by atoms with Crippen molar-refractivity contribution in [3.63, 3.8) is 0 Å². The Morgan fingerprint density at radius 1 is 0.500 bits per heavy atom. The van der Waals surface area contributed by atoms with Gasteiger partial charge in [-0.3, -0.25) is 19.2 Å². The summed E-state index contributed by atoms with van der Waals surface area (Å²) >= 11 is 0. The van der Waals surface area contributed by atoms with Crippen LogP contribution in [-0.2, 0) is 19.2 Å². The highest BCUT2D eigenvalue weighted by Crippen LogP contribution is 2.28. The summed E-state index contributed by atoms with van der Waals surface area (Å²) in [4.78, 5) is 44.3. The van der Waals surface area contributed by atoms with E-state index in [9.17, 15) is 19.2 Å². The molecule has 0 bridgehead atoms. The summed E-state index contributed by atoms with van der Waals surface area (Å²) in [5.74, 6) is -6.35. The fourth-order valence-corrected chi connectivity index (χ4v) is 2.60. The van der Waals surface area contributed by atoms with Gasteiger partial charge in [0.1, 0.15) is 0 Å². The Kier molecular flexibility index (Phi) is 9.81. The van der Waals surface area contributed by atoms with Crippen LogP contribution in [0.3, 0.4) is 0 Å². The Labute approximate surface area is 150 Å². The van der Waals surface area contributed by atoms with Gasteiger partial charge in [0.25, 0.3) is 0 Å². The third kappa shape index (κ3) is 5.67. The zero-order chi connectivity index (χ0) is 20.4. The molecular weight excluding hydrogens is 352 g/mol. The summed E-state index contributed by atoms with van der Waals surface area (Å²) < 4.78 is 0. The quantitative estimate of drug-likeness (QED) is 0.172. The normalized spacial score (nSPS) is 11.9. The molecular formula is C16H26O10. The number of unbranched alkanes of at least 4 members (excludes halogenated alkanes) is 5. The molecule has 0 aromatic rings. The van der Waals surface area contributed by atoms with Crippen molar-refractivity contribution in [2.24, 2.45) is 10.8 Å². The second-order valence-electron chi connectivity index (χ2n) is 6.32. The smallest absolute Gasteiger partial charge is 0.323 e. The average molecular weight is 378 g/mol. The zero-order valence-corrected chi connectivity index (χ0v) is 14.4. The van der Waals surface area contributed by atoms with Gasteiger partial charge >= 0.3 is 23.9 Å². The highest BCUT2D eigenvalue weighted by molar-refractivity contribution is 5.98. The van der Waals surface area contributed by atoms with Gasteiger partial charge in [0, 0.05) is 0 Å². The number of rotatable bonds is 15. The summed E-state index contributed by atoms with van der Waals surface area (Å²) in [5, 5.41) is 54.2. The molecule has 0 aliphatic heterocycles. The van der Waals surface area contributed by atoms with Crippen LogP contribution in [0.2, 0.25) is 0 Å². The molecule has 150 valence electrons. The first-order valence-corrected chi connectivity index (χ1v) is 8.26. The van der Waals surface area contributed by atoms with E-state index < -0.39 is 47.9 Å². The third-order valence-corrected chi connectivity index (χ3v) is 4.63. The Balaban J connectivity index is 4.22. The van der Waals surface area contributed by atoms with Crippen molar-refractivity contribution < 1.29 is 49.8 Å². The molecule has 0 aliphatic carbocycles. The summed E-state index contributed by atoms with van der Waals surface area (Å²) in [5.41, 5.74) is -4.41. The number of aliphatic hydroxyl groups is 2. The minimum Gasteiger partial charge on any atom is -0.480 e. The van der Waals surface area contributed by atoms with Gasteiger partial charge in [-0.05, 0) is 12.8 Å². The van der Waals surface area contributed by atoms with Crippen molar-refractivity contribution in [3.05, 3.63) is 0 Å². The van der Waals surface area contributed by atoms with Crippen LogP contribution < -0.4 is 0 Å². The van der Waals surface area contributed by atoms with Crippen LogP contribution in [0.1, 0.15) is 51.4 Å². The van der Waals surface area contributed by atoms with Crippen molar-refractivity contribution in [2.45, 2.75) is 51.4 Å². The van der Waals surface area contributed by atoms with E-state index in [1.165, 1.54) is 0 Å². The minimum absolute atomic E-state index is 0.209. The maximum absolute atomic E-state index is 11.1. The van der Waals surface area contributed by atoms with Crippen molar-refractivity contribution in [2.75, 3.05) is 13.2 Å². The second-order valence-corrected chi connectivity index (χ2v) is 6.32. The summed E-state index contributed by atoms with van der Waals surface area (Å²) in [6, 6.07) is 0. The van der Waals surface area contributed by atoms with Crippen molar-refractivity contribution in [3.8, 4) is 0 Å². The largest absolute Gasteiger partial charge is 0.480 e. The van der Waals surface area contributed by atoms with Crippen LogP contribution in [0.5, 0.6) is 0 Å². The van der Waals surface area contributed by atoms with Crippen LogP contribution in [0.4, 0.5) is 0 Å². The maximum Gasteiger partial charge on any atom is 0.323 e. The van der Waals surface area contributed by atoms with Crippen molar-refractivity contribution in [1.82, 2.24) is 0 Å². The van der Waals surface area contributed by atoms with Gasteiger partial charge in [-0.2, -0.15) is 0 Å². The molecule has 0 rings (SSSR count). The number of hydrogen-bond donors (Lipinski definition) is 6. The molecule has 0 spiro atoms. The number of aliphatic hydroxyl groups excluding tert-OH is 2. The standard InChI is InChI=1S/C16H26O10/c17-9-15(11(19)20,12(21)22)7-5-3-1-2-4-6-8-16(10-18,13(23)24)14(25)26/h17-18H,1-10H2,(H,19,20)(H,21,22)(H,23,24)(H,25,26). The van der Waals surface area contributed by atoms with Gasteiger partial charge in [-0.1, -0.05) is 38.5 Å². The number of carboxylic acids is 4. The lowest BCUT2D eigenvalue weighted by Crippen LogP contribution is -2.42. The van der Waals surface area contributed by atoms with Gasteiger partial charge in [-0.15, -0.1) is 0 Å². The van der Waals surface area contributed by atoms with Crippen LogP contribution in [0.25, 0.3) is 0 Å². The molecule has 0 saturated heterocycles. The first kappa shape index (κ1) is 23.8. The molecule has 10 heteroatoms. The first-order chi connectivity index (χ1) is 12.1. The lowest BCUT2D eigenvalue weighted by Gasteiger charge is -2.22. The van der Waals surface area contributed by atoms with Crippen LogP contribution in [0.15, 0.2) is 0 Å². The fourth-order valence-electron chi connectivity index (χ4n) is 2.60. The summed E-state index contributed by atoms with van der Waals surface area (Å²) in [6.45, 7) is -1.99. The Morgan fingerprint density at radius 3 is 0.923 bits per heavy atom. The highest BCUT2D eigenvalue weighted by Gasteiger charge is 2.46. The molecule has 0 atom stereocenters. The molecule has 0 saturated carbocycles. The number of aliphatic carboxylic acids is 4. The maximum atomic E-state index is 11.1. The zero-order valence-electron chi connectivity index (χ0n) is 14.4. The lowest BCUT2D eigenvalue weighted by molar-refractivity contribution is -0.170. The van der Waals surface area contributed by atoms with E-state index in [4.69, 9.17) is 30.6 Å². The molecule has 26 heavy (non-hydrogen) atoms. The van der Waals surface area contributed by atoms with E-state index in [0.717, 1.165) is 0 Å². The molecule has 0 aromatic carbocycles. The minimum atomic E-state index is -2.20. The Bertz CT molecular complexity index is 439. The Hall–Kier alpha value is -2.20. The van der Waals surface area contributed by atoms with Crippen molar-refractivity contribution in [1.29, 1.82) is 0 Å². The first-order valence-electron chi connectivity index (χ1n) is 8.26. The topological polar surface area (TPSA) is 190 Å². The molecule has 0 aliphatic rings. The molecule has 0 unspecified atom stereocenters. The molecule has 6 N–H and O–H groups in total. The van der Waals surface area contributed by atoms with Gasteiger partial charge in [-0.25, -0.2) is 0 Å². The van der Waals surface area contributed by atoms with E-state index >= 15 is 0 Å². The molecule has 0 heterocycles. The van der Waals surface area contributed by atoms with Crippen LogP contribution >= 0.6 is 0 Å². The highest BCUT2D eigenvalue weighted by atomic mass is 16.4. The lowest BCUT2D eigenvalue weighted by atomic mass is 9.82. The Morgan fingerprint density at radius 2 is 0.731 bits per heavy atom. The SMILES string of the molecule is O=C(O)C(CO)(CCCCCCCCC(CO)(C(=O)O)C(=O)O)C(=O)O. The van der Waals surface area contributed by atoms with Gasteiger partial charge in [0.15, 0.2) is 10.8 Å². The van der Waals surface area contributed by atoms with Gasteiger partial charge < -0.3 is 30.6 Å². The van der Waals surface area contributed by atoms with E-state index in [0.29, 0.717) is 25.7 Å². The van der Waals surface area contributed by atoms with E-state index in [2.05, 4.69) is 0 Å². The average Bonchev–Trinajstić information content (AvgIpc) is 2.56. The molecule has 10 nitrogen and oxygen atoms in total. The number of carbonyl (C=O) groups is 4. The van der Waals surface area contributed by atoms with E-state index in [1.807, 2.05) is 0 Å². The van der Waals surface area contributed by atoms with E-state index in [-0.39, 0.29) is 25.7 Å². The van der Waals surface area contributed by atoms with Gasteiger partial charge in [0.05, 0.1) is 13.2 Å². The second kappa shape index (κ2) is 10.7. The molecule has 0 radical (unpaired) electrons. The summed E-state index contributed by atoms with van der Waals surface area (Å²) in [6.07, 6.45) is 2.42. The van der Waals surface area contributed by atoms with E-state index in [1.54, 1.807) is 0 Å². The predicted octanol–water partition coefficient (Wildman–Crippen LogP) is 0.403. The van der Waals surface area contributed by atoms with Crippen molar-refractivity contribution >= 4 is 23.9 Å². The molecule has 0 fully saturated rings. The third-order valence-electron chi connectivity index (χ3n) is 4.63. The number of hydrogen-bond acceptors (Lipinski definition) is 6. The number of carboxylic acid groups (broad SMARTS) is 4. The summed E-state index contributed by atoms with van der Waals surface area (Å²) in [7, 11) is 0. The fraction of sp³-hybridized carbons (Fsp3) is 0.750. The molecule has 0 aromatic heterocycles. The predicted molar refractivity (Wildman–Crippen MR) is 86.5 cm³/mol.